The molecule has 2 N–H and O–H groups in total. The standard InChI is InChI=1S/C27H32FN5O4S/c1-16-23-25(30-14-31-27(23)38-24(16)26(34)29-7-4-10-33-8-2-3-9-33)32-19-6-5-17(28)11-20(19)37-18-12-21-22(13-18)36-15-35-21/h5-6,11,14,18,21-22H,2-4,7-10,12-13,15H2,1H3,(H,29,34)(H,30,31,32). The van der Waals surface area contributed by atoms with E-state index >= 15 is 0 Å². The summed E-state index contributed by atoms with van der Waals surface area (Å²) in [6.07, 6.45) is 6.21. The van der Waals surface area contributed by atoms with Crippen LogP contribution in [0, 0.1) is 12.7 Å². The first-order valence-electron chi connectivity index (χ1n) is 13.3. The maximum atomic E-state index is 14.2. The summed E-state index contributed by atoms with van der Waals surface area (Å²) in [7, 11) is 0. The van der Waals surface area contributed by atoms with E-state index in [0.29, 0.717) is 53.1 Å². The molecule has 1 aromatic carbocycles. The molecule has 3 aliphatic rings. The first-order chi connectivity index (χ1) is 18.5. The van der Waals surface area contributed by atoms with Crippen LogP contribution in [0.3, 0.4) is 0 Å². The summed E-state index contributed by atoms with van der Waals surface area (Å²) in [5, 5.41) is 7.14. The highest BCUT2D eigenvalue weighted by atomic mass is 32.1. The van der Waals surface area contributed by atoms with Crippen LogP contribution in [0.15, 0.2) is 24.5 Å². The second-order valence-corrected chi connectivity index (χ2v) is 11.1. The van der Waals surface area contributed by atoms with Gasteiger partial charge in [-0.15, -0.1) is 11.3 Å². The molecule has 202 valence electrons. The summed E-state index contributed by atoms with van der Waals surface area (Å²) in [6.45, 7) is 6.18. The molecule has 3 aromatic rings. The van der Waals surface area contributed by atoms with Crippen molar-refractivity contribution in [2.24, 2.45) is 0 Å². The number of nitrogens with zero attached hydrogens (tertiary/aromatic N) is 3. The number of carbonyl (C=O) groups is 1. The van der Waals surface area contributed by atoms with Crippen LogP contribution in [-0.4, -0.2) is 72.1 Å². The number of rotatable bonds is 9. The molecule has 2 aromatic heterocycles. The van der Waals surface area contributed by atoms with Crippen molar-refractivity contribution in [2.45, 2.75) is 57.3 Å². The van der Waals surface area contributed by atoms with Gasteiger partial charge in [0.2, 0.25) is 0 Å². The van der Waals surface area contributed by atoms with Crippen LogP contribution in [0.1, 0.15) is 47.3 Å². The van der Waals surface area contributed by atoms with Gasteiger partial charge in [-0.25, -0.2) is 14.4 Å². The van der Waals surface area contributed by atoms with Crippen molar-refractivity contribution < 1.29 is 23.4 Å². The lowest BCUT2D eigenvalue weighted by atomic mass is 10.2. The highest BCUT2D eigenvalue weighted by molar-refractivity contribution is 7.20. The third-order valence-electron chi connectivity index (χ3n) is 7.53. The van der Waals surface area contributed by atoms with E-state index in [4.69, 9.17) is 14.2 Å². The number of aryl methyl sites for hydroxylation is 1. The first-order valence-corrected chi connectivity index (χ1v) is 14.1. The van der Waals surface area contributed by atoms with Gasteiger partial charge < -0.3 is 29.7 Å². The molecular formula is C27H32FN5O4S. The van der Waals surface area contributed by atoms with Gasteiger partial charge in [-0.2, -0.15) is 0 Å². The van der Waals surface area contributed by atoms with Gasteiger partial charge >= 0.3 is 0 Å². The van der Waals surface area contributed by atoms with Crippen molar-refractivity contribution in [1.29, 1.82) is 0 Å². The molecule has 6 rings (SSSR count). The Kier molecular flexibility index (Phi) is 7.42. The normalized spacial score (nSPS) is 23.2. The largest absolute Gasteiger partial charge is 0.488 e. The van der Waals surface area contributed by atoms with Gasteiger partial charge in [-0.05, 0) is 63.5 Å². The van der Waals surface area contributed by atoms with Crippen molar-refractivity contribution in [3.05, 3.63) is 40.8 Å². The molecule has 2 aliphatic heterocycles. The van der Waals surface area contributed by atoms with Crippen LogP contribution in [0.25, 0.3) is 10.2 Å². The fourth-order valence-corrected chi connectivity index (χ4v) is 6.62. The zero-order chi connectivity index (χ0) is 26.1. The Morgan fingerprint density at radius 3 is 2.79 bits per heavy atom. The Balaban J connectivity index is 1.17. The average Bonchev–Trinajstić information content (AvgIpc) is 3.69. The van der Waals surface area contributed by atoms with Crippen molar-refractivity contribution in [2.75, 3.05) is 38.3 Å². The third kappa shape index (κ3) is 5.33. The number of carbonyl (C=O) groups excluding carboxylic acids is 1. The number of thiophene rings is 1. The number of ether oxygens (including phenoxy) is 3. The number of halogens is 1. The van der Waals surface area contributed by atoms with Gasteiger partial charge in [-0.3, -0.25) is 4.79 Å². The number of hydrogen-bond donors (Lipinski definition) is 2. The topological polar surface area (TPSA) is 97.8 Å². The molecule has 4 heterocycles. The van der Waals surface area contributed by atoms with Gasteiger partial charge in [0.15, 0.2) is 0 Å². The van der Waals surface area contributed by atoms with E-state index in [0.717, 1.165) is 37.0 Å². The quantitative estimate of drug-likeness (QED) is 0.385. The lowest BCUT2D eigenvalue weighted by Crippen LogP contribution is -2.28. The minimum atomic E-state index is -0.389. The monoisotopic (exact) mass is 541 g/mol. The summed E-state index contributed by atoms with van der Waals surface area (Å²) in [6, 6.07) is 4.39. The Labute approximate surface area is 224 Å². The maximum Gasteiger partial charge on any atom is 0.261 e. The van der Waals surface area contributed by atoms with E-state index in [1.807, 2.05) is 6.92 Å². The van der Waals surface area contributed by atoms with E-state index in [1.54, 1.807) is 6.07 Å². The second kappa shape index (κ2) is 11.1. The maximum absolute atomic E-state index is 14.2. The average molecular weight is 542 g/mol. The minimum Gasteiger partial charge on any atom is -0.488 e. The molecule has 0 radical (unpaired) electrons. The number of anilines is 2. The lowest BCUT2D eigenvalue weighted by molar-refractivity contribution is 0.0123. The van der Waals surface area contributed by atoms with E-state index in [9.17, 15) is 9.18 Å². The van der Waals surface area contributed by atoms with Crippen LogP contribution in [0.5, 0.6) is 5.75 Å². The zero-order valence-electron chi connectivity index (χ0n) is 21.4. The van der Waals surface area contributed by atoms with Crippen molar-refractivity contribution in [3.63, 3.8) is 0 Å². The summed E-state index contributed by atoms with van der Waals surface area (Å²) in [5.74, 6) is 0.452. The SMILES string of the molecule is Cc1c(C(=O)NCCCN2CCCC2)sc2ncnc(Nc3ccc(F)cc3OC3CC4OCOC4C3)c12. The van der Waals surface area contributed by atoms with Crippen molar-refractivity contribution in [1.82, 2.24) is 20.2 Å². The minimum absolute atomic E-state index is 0.0182. The number of likely N-dealkylation sites (tertiary alicyclic amines) is 1. The molecule has 3 fully saturated rings. The third-order valence-corrected chi connectivity index (χ3v) is 8.73. The molecule has 0 spiro atoms. The van der Waals surface area contributed by atoms with Gasteiger partial charge in [0, 0.05) is 25.5 Å². The molecule has 1 saturated carbocycles. The molecule has 11 heteroatoms. The molecule has 0 bridgehead atoms. The highest BCUT2D eigenvalue weighted by Gasteiger charge is 2.41. The molecule has 2 saturated heterocycles. The van der Waals surface area contributed by atoms with Gasteiger partial charge in [0.25, 0.3) is 5.91 Å². The molecule has 2 atom stereocenters. The molecule has 1 amide bonds. The summed E-state index contributed by atoms with van der Waals surface area (Å²) >= 11 is 1.35. The Bertz CT molecular complexity index is 1300. The van der Waals surface area contributed by atoms with E-state index in [1.165, 1.54) is 42.6 Å². The molecule has 2 unspecified atom stereocenters. The van der Waals surface area contributed by atoms with Crippen LogP contribution >= 0.6 is 11.3 Å². The Hall–Kier alpha value is -2.86. The fraction of sp³-hybridized carbons (Fsp3) is 0.519. The van der Waals surface area contributed by atoms with E-state index < -0.39 is 0 Å². The number of benzene rings is 1. The molecule has 9 nitrogen and oxygen atoms in total. The highest BCUT2D eigenvalue weighted by Crippen LogP contribution is 2.38. The van der Waals surface area contributed by atoms with Crippen LogP contribution in [-0.2, 0) is 9.47 Å². The van der Waals surface area contributed by atoms with Gasteiger partial charge in [-0.1, -0.05) is 0 Å². The van der Waals surface area contributed by atoms with Gasteiger partial charge in [0.05, 0.1) is 28.2 Å². The Morgan fingerprint density at radius 2 is 2.00 bits per heavy atom. The fourth-order valence-electron chi connectivity index (χ4n) is 5.56. The molecule has 38 heavy (non-hydrogen) atoms. The smallest absolute Gasteiger partial charge is 0.261 e. The van der Waals surface area contributed by atoms with E-state index in [2.05, 4.69) is 25.5 Å². The van der Waals surface area contributed by atoms with Crippen LogP contribution < -0.4 is 15.4 Å². The lowest BCUT2D eigenvalue weighted by Gasteiger charge is -2.18. The number of amides is 1. The molecule has 1 aliphatic carbocycles. The second-order valence-electron chi connectivity index (χ2n) is 10.1. The predicted octanol–water partition coefficient (Wildman–Crippen LogP) is 4.38. The number of fused-ring (bicyclic) bond motifs is 2. The van der Waals surface area contributed by atoms with E-state index in [-0.39, 0.29) is 30.0 Å². The number of nitrogens with one attached hydrogen (secondary N) is 2. The first kappa shape index (κ1) is 25.4. The van der Waals surface area contributed by atoms with Crippen molar-refractivity contribution >= 4 is 39.0 Å². The Morgan fingerprint density at radius 1 is 1.21 bits per heavy atom. The van der Waals surface area contributed by atoms with Crippen LogP contribution in [0.4, 0.5) is 15.9 Å². The summed E-state index contributed by atoms with van der Waals surface area (Å²) in [4.78, 5) is 25.6. The van der Waals surface area contributed by atoms with Gasteiger partial charge in [0.1, 0.15) is 41.4 Å². The van der Waals surface area contributed by atoms with Crippen LogP contribution in [0.2, 0.25) is 0 Å². The summed E-state index contributed by atoms with van der Waals surface area (Å²) < 4.78 is 31.6. The number of aromatic nitrogens is 2. The zero-order valence-corrected chi connectivity index (χ0v) is 22.2. The summed E-state index contributed by atoms with van der Waals surface area (Å²) in [5.41, 5.74) is 1.40. The number of hydrogen-bond acceptors (Lipinski definition) is 9. The predicted molar refractivity (Wildman–Crippen MR) is 143 cm³/mol. The van der Waals surface area contributed by atoms with Crippen molar-refractivity contribution in [3.8, 4) is 5.75 Å². The molecular weight excluding hydrogens is 509 g/mol.